The van der Waals surface area contributed by atoms with Crippen molar-refractivity contribution in [2.75, 3.05) is 0 Å². The second kappa shape index (κ2) is 5.43. The van der Waals surface area contributed by atoms with Crippen LogP contribution in [0.1, 0.15) is 44.6 Å². The van der Waals surface area contributed by atoms with Gasteiger partial charge in [-0.1, -0.05) is 37.1 Å². The van der Waals surface area contributed by atoms with Gasteiger partial charge in [-0.3, -0.25) is 0 Å². The van der Waals surface area contributed by atoms with Crippen LogP contribution in [0, 0.1) is 24.2 Å². The molecule has 1 aliphatic heterocycles. The van der Waals surface area contributed by atoms with E-state index >= 15 is 0 Å². The van der Waals surface area contributed by atoms with E-state index < -0.39 is 10.0 Å². The zero-order chi connectivity index (χ0) is 17.1. The molecule has 3 aliphatic rings. The van der Waals surface area contributed by atoms with E-state index in [1.165, 1.54) is 6.42 Å². The highest BCUT2D eigenvalue weighted by atomic mass is 32.2. The van der Waals surface area contributed by atoms with Crippen LogP contribution in [0.3, 0.4) is 0 Å². The van der Waals surface area contributed by atoms with Gasteiger partial charge in [0.25, 0.3) is 0 Å². The molecule has 0 N–H and O–H groups in total. The summed E-state index contributed by atoms with van der Waals surface area (Å²) in [6, 6.07) is 7.56. The lowest BCUT2D eigenvalue weighted by molar-refractivity contribution is 0.146. The van der Waals surface area contributed by atoms with Gasteiger partial charge in [-0.25, -0.2) is 8.42 Å². The minimum absolute atomic E-state index is 0.0694. The predicted molar refractivity (Wildman–Crippen MR) is 96.1 cm³/mol. The summed E-state index contributed by atoms with van der Waals surface area (Å²) in [5.41, 5.74) is 1.46. The van der Waals surface area contributed by atoms with E-state index in [1.807, 2.05) is 29.4 Å². The number of hydrogen-bond donors (Lipinski definition) is 0. The van der Waals surface area contributed by atoms with E-state index in [-0.39, 0.29) is 12.1 Å². The zero-order valence-corrected chi connectivity index (χ0v) is 15.4. The number of aryl methyl sites for hydroxylation is 1. The summed E-state index contributed by atoms with van der Waals surface area (Å²) in [7, 11) is -3.45. The highest BCUT2D eigenvalue weighted by Gasteiger charge is 2.69. The normalized spacial score (nSPS) is 38.4. The maximum atomic E-state index is 13.4. The quantitative estimate of drug-likeness (QED) is 0.769. The first-order valence-electron chi connectivity index (χ1n) is 9.10. The molecular weight excluding hydrogens is 318 g/mol. The molecule has 0 amide bonds. The third-order valence-electron chi connectivity index (χ3n) is 6.81. The molecule has 0 bridgehead atoms. The molecule has 1 saturated heterocycles. The van der Waals surface area contributed by atoms with E-state index in [9.17, 15) is 8.42 Å². The molecule has 1 unspecified atom stereocenters. The molecule has 2 aliphatic carbocycles. The Bertz CT molecular complexity index is 754. The number of rotatable bonds is 4. The number of fused-ring (bicyclic) bond motifs is 1. The van der Waals surface area contributed by atoms with Gasteiger partial charge in [0.2, 0.25) is 10.0 Å². The number of hydrogen-bond acceptors (Lipinski definition) is 2. The number of nitrogens with zero attached hydrogens (tertiary/aromatic N) is 1. The van der Waals surface area contributed by atoms with Crippen LogP contribution < -0.4 is 0 Å². The molecule has 1 heterocycles. The van der Waals surface area contributed by atoms with Crippen molar-refractivity contribution in [2.45, 2.75) is 62.9 Å². The molecule has 0 radical (unpaired) electrons. The maximum Gasteiger partial charge on any atom is 0.243 e. The minimum Gasteiger partial charge on any atom is -0.207 e. The lowest BCUT2D eigenvalue weighted by atomic mass is 9.86. The smallest absolute Gasteiger partial charge is 0.207 e. The summed E-state index contributed by atoms with van der Waals surface area (Å²) in [5, 5.41) is 0. The average molecular weight is 346 g/mol. The first-order chi connectivity index (χ1) is 11.4. The summed E-state index contributed by atoms with van der Waals surface area (Å²) in [6.45, 7) is 8.24. The lowest BCUT2D eigenvalue weighted by Gasteiger charge is -2.41. The van der Waals surface area contributed by atoms with Crippen LogP contribution in [0.25, 0.3) is 0 Å². The van der Waals surface area contributed by atoms with Crippen molar-refractivity contribution in [2.24, 2.45) is 17.3 Å². The van der Waals surface area contributed by atoms with Crippen LogP contribution in [-0.4, -0.2) is 24.8 Å². The van der Waals surface area contributed by atoms with E-state index in [1.54, 1.807) is 12.1 Å². The summed E-state index contributed by atoms with van der Waals surface area (Å²) in [5.74, 6) is 1.27. The number of piperidine rings is 1. The topological polar surface area (TPSA) is 37.4 Å². The minimum atomic E-state index is -3.45. The molecule has 5 atom stereocenters. The average Bonchev–Trinajstić information content (AvgIpc) is 3.14. The van der Waals surface area contributed by atoms with Crippen molar-refractivity contribution in [3.05, 3.63) is 42.5 Å². The second-order valence-corrected chi connectivity index (χ2v) is 10.0. The highest BCUT2D eigenvalue weighted by Crippen LogP contribution is 2.71. The summed E-state index contributed by atoms with van der Waals surface area (Å²) in [6.07, 6.45) is 7.05. The van der Waals surface area contributed by atoms with Crippen LogP contribution in [0.5, 0.6) is 0 Å². The second-order valence-electron chi connectivity index (χ2n) is 8.16. The van der Waals surface area contributed by atoms with Crippen LogP contribution in [0.15, 0.2) is 41.8 Å². The zero-order valence-electron chi connectivity index (χ0n) is 14.6. The van der Waals surface area contributed by atoms with Gasteiger partial charge in [0.1, 0.15) is 0 Å². The predicted octanol–water partition coefficient (Wildman–Crippen LogP) is 4.14. The van der Waals surface area contributed by atoms with Crippen LogP contribution in [-0.2, 0) is 10.0 Å². The Morgan fingerprint density at radius 2 is 2.04 bits per heavy atom. The van der Waals surface area contributed by atoms with Crippen LogP contribution in [0.4, 0.5) is 0 Å². The van der Waals surface area contributed by atoms with Gasteiger partial charge in [0, 0.05) is 12.1 Å². The van der Waals surface area contributed by atoms with Gasteiger partial charge >= 0.3 is 0 Å². The van der Waals surface area contributed by atoms with Crippen molar-refractivity contribution in [3.8, 4) is 0 Å². The molecule has 0 aromatic heterocycles. The fraction of sp³-hybridized carbons (Fsp3) is 0.600. The van der Waals surface area contributed by atoms with Gasteiger partial charge in [0.15, 0.2) is 0 Å². The van der Waals surface area contributed by atoms with Gasteiger partial charge < -0.3 is 0 Å². The lowest BCUT2D eigenvalue weighted by Crippen LogP contribution is -2.51. The Hall–Kier alpha value is -1.13. The summed E-state index contributed by atoms with van der Waals surface area (Å²) >= 11 is 0. The van der Waals surface area contributed by atoms with Crippen molar-refractivity contribution in [1.29, 1.82) is 0 Å². The maximum absolute atomic E-state index is 13.4. The SMILES string of the molecule is C=CC[C@H]1CC2[C@H]3[C@H](CCC[C@@]23C)N1S(=O)(=O)c1ccc(C)cc1. The Labute approximate surface area is 145 Å². The van der Waals surface area contributed by atoms with Crippen molar-refractivity contribution < 1.29 is 8.42 Å². The van der Waals surface area contributed by atoms with E-state index in [0.29, 0.717) is 22.1 Å². The molecule has 3 nitrogen and oxygen atoms in total. The van der Waals surface area contributed by atoms with Gasteiger partial charge in [-0.05, 0) is 62.0 Å². The Balaban J connectivity index is 1.75. The van der Waals surface area contributed by atoms with Gasteiger partial charge in [0.05, 0.1) is 4.90 Å². The van der Waals surface area contributed by atoms with Gasteiger partial charge in [-0.2, -0.15) is 4.31 Å². The Morgan fingerprint density at radius 1 is 1.33 bits per heavy atom. The summed E-state index contributed by atoms with van der Waals surface area (Å²) in [4.78, 5) is 0.438. The third-order valence-corrected chi connectivity index (χ3v) is 8.80. The van der Waals surface area contributed by atoms with Crippen LogP contribution >= 0.6 is 0 Å². The van der Waals surface area contributed by atoms with E-state index in [4.69, 9.17) is 0 Å². The molecule has 4 rings (SSSR count). The molecule has 0 spiro atoms. The first kappa shape index (κ1) is 16.3. The fourth-order valence-corrected chi connectivity index (χ4v) is 7.48. The largest absolute Gasteiger partial charge is 0.243 e. The van der Waals surface area contributed by atoms with E-state index in [2.05, 4.69) is 13.5 Å². The molecule has 1 aromatic carbocycles. The number of sulfonamides is 1. The highest BCUT2D eigenvalue weighted by molar-refractivity contribution is 7.89. The molecule has 2 saturated carbocycles. The monoisotopic (exact) mass is 345 g/mol. The molecule has 24 heavy (non-hydrogen) atoms. The molecule has 130 valence electrons. The molecule has 1 aromatic rings. The van der Waals surface area contributed by atoms with Crippen LogP contribution in [0.2, 0.25) is 0 Å². The van der Waals surface area contributed by atoms with Crippen molar-refractivity contribution >= 4 is 10.0 Å². The van der Waals surface area contributed by atoms with Gasteiger partial charge in [-0.15, -0.1) is 6.58 Å². The fourth-order valence-electron chi connectivity index (χ4n) is 5.60. The summed E-state index contributed by atoms with van der Waals surface area (Å²) < 4.78 is 28.8. The van der Waals surface area contributed by atoms with Crippen molar-refractivity contribution in [1.82, 2.24) is 4.31 Å². The standard InChI is InChI=1S/C20H27NO2S/c1-4-6-15-13-17-19-18(7-5-12-20(17,19)3)21(15)24(22,23)16-10-8-14(2)9-11-16/h4,8-11,15,17-19H,1,5-7,12-13H2,2-3H3/t15-,17?,18-,19-,20-/m0/s1. The number of benzene rings is 1. The first-order valence-corrected chi connectivity index (χ1v) is 10.5. The Kier molecular flexibility index (Phi) is 3.70. The Morgan fingerprint density at radius 3 is 2.71 bits per heavy atom. The third kappa shape index (κ3) is 2.22. The van der Waals surface area contributed by atoms with E-state index in [0.717, 1.165) is 31.2 Å². The molecular formula is C20H27NO2S. The molecule has 3 fully saturated rings. The molecule has 4 heteroatoms. The van der Waals surface area contributed by atoms with Crippen molar-refractivity contribution in [3.63, 3.8) is 0 Å².